The van der Waals surface area contributed by atoms with Crippen LogP contribution in [0.25, 0.3) is 22.0 Å². The predicted molar refractivity (Wildman–Crippen MR) is 125 cm³/mol. The Hall–Kier alpha value is -1.96. The van der Waals surface area contributed by atoms with Crippen LogP contribution < -0.4 is 0 Å². The molecule has 0 atom stereocenters. The summed E-state index contributed by atoms with van der Waals surface area (Å²) < 4.78 is 2.20. The molecule has 0 aliphatic heterocycles. The van der Waals surface area contributed by atoms with Gasteiger partial charge in [0, 0.05) is 39.1 Å². The molecule has 29 heavy (non-hydrogen) atoms. The molecular weight excluding hydrogens is 416 g/mol. The van der Waals surface area contributed by atoms with Crippen LogP contribution in [0.5, 0.6) is 0 Å². The third-order valence-electron chi connectivity index (χ3n) is 4.64. The van der Waals surface area contributed by atoms with Crippen LogP contribution in [0.1, 0.15) is 36.4 Å². The van der Waals surface area contributed by atoms with Crippen molar-refractivity contribution in [1.82, 2.24) is 19.7 Å². The fourth-order valence-electron chi connectivity index (χ4n) is 3.11. The van der Waals surface area contributed by atoms with Crippen molar-refractivity contribution in [2.24, 2.45) is 0 Å². The van der Waals surface area contributed by atoms with Gasteiger partial charge in [-0.25, -0.2) is 4.98 Å². The molecule has 0 spiro atoms. The molecule has 0 fully saturated rings. The zero-order valence-corrected chi connectivity index (χ0v) is 19.3. The van der Waals surface area contributed by atoms with Gasteiger partial charge in [0.25, 0.3) is 0 Å². The Kier molecular flexibility index (Phi) is 6.47. The summed E-state index contributed by atoms with van der Waals surface area (Å²) in [6.45, 7) is 7.32. The second kappa shape index (κ2) is 9.24. The van der Waals surface area contributed by atoms with Crippen molar-refractivity contribution in [3.05, 3.63) is 57.2 Å². The van der Waals surface area contributed by atoms with Crippen LogP contribution in [0.2, 0.25) is 0 Å². The molecule has 1 aromatic carbocycles. The first-order valence-electron chi connectivity index (χ1n) is 9.83. The van der Waals surface area contributed by atoms with Crippen LogP contribution >= 0.6 is 34.4 Å². The Labute approximate surface area is 184 Å². The van der Waals surface area contributed by atoms with Gasteiger partial charge in [0.1, 0.15) is 5.01 Å². The molecule has 4 aromatic rings. The lowest BCUT2D eigenvalue weighted by Gasteiger charge is -2.05. The molecule has 0 aliphatic rings. The Morgan fingerprint density at radius 3 is 2.59 bits per heavy atom. The van der Waals surface area contributed by atoms with Crippen molar-refractivity contribution in [3.63, 3.8) is 0 Å². The lowest BCUT2D eigenvalue weighted by molar-refractivity contribution is 0.687. The molecule has 4 rings (SSSR count). The number of thioether (sulfide) groups is 1. The van der Waals surface area contributed by atoms with Crippen LogP contribution in [0.15, 0.2) is 46.2 Å². The van der Waals surface area contributed by atoms with E-state index in [2.05, 4.69) is 76.6 Å². The molecule has 0 N–H and O–H groups in total. The van der Waals surface area contributed by atoms with E-state index in [1.54, 1.807) is 23.1 Å². The number of thiazole rings is 1. The van der Waals surface area contributed by atoms with Crippen LogP contribution in [0, 0.1) is 6.92 Å². The number of hydrogen-bond acceptors (Lipinski definition) is 6. The van der Waals surface area contributed by atoms with Crippen LogP contribution in [0.3, 0.4) is 0 Å². The van der Waals surface area contributed by atoms with Crippen LogP contribution in [-0.4, -0.2) is 19.7 Å². The molecule has 0 saturated carbocycles. The highest BCUT2D eigenvalue weighted by molar-refractivity contribution is 7.98. The summed E-state index contributed by atoms with van der Waals surface area (Å²) in [5.41, 5.74) is 4.71. The summed E-state index contributed by atoms with van der Waals surface area (Å²) in [7, 11) is 0. The third kappa shape index (κ3) is 4.63. The average Bonchev–Trinajstić information content (AvgIpc) is 3.46. The molecule has 0 unspecified atom stereocenters. The predicted octanol–water partition coefficient (Wildman–Crippen LogP) is 6.70. The van der Waals surface area contributed by atoms with Crippen LogP contribution in [-0.2, 0) is 18.7 Å². The number of aromatic nitrogens is 4. The molecule has 4 nitrogen and oxygen atoms in total. The molecule has 0 amide bonds. The standard InChI is InChI=1S/C22H24N4S3/c1-4-6-19-11-17(12-27-19)20-24-25-22(26(20)5-2)29-14-18-13-28-21(23-18)16-9-7-15(3)8-10-16/h7-13H,4-6,14H2,1-3H3. The largest absolute Gasteiger partial charge is 0.302 e. The molecule has 0 aliphatic carbocycles. The van der Waals surface area contributed by atoms with Gasteiger partial charge in [-0.3, -0.25) is 0 Å². The third-order valence-corrected chi connectivity index (χ3v) is 7.58. The monoisotopic (exact) mass is 440 g/mol. The fourth-order valence-corrected chi connectivity index (χ4v) is 5.90. The van der Waals surface area contributed by atoms with E-state index in [-0.39, 0.29) is 0 Å². The number of nitrogens with zero attached hydrogens (tertiary/aromatic N) is 4. The minimum atomic E-state index is 0.797. The van der Waals surface area contributed by atoms with Crippen LogP contribution in [0.4, 0.5) is 0 Å². The minimum absolute atomic E-state index is 0.797. The van der Waals surface area contributed by atoms with Gasteiger partial charge in [-0.15, -0.1) is 32.9 Å². The van der Waals surface area contributed by atoms with Crippen molar-refractivity contribution >= 4 is 34.4 Å². The van der Waals surface area contributed by atoms with Gasteiger partial charge in [0.05, 0.1) is 5.69 Å². The smallest absolute Gasteiger partial charge is 0.191 e. The first-order chi connectivity index (χ1) is 14.2. The molecule has 150 valence electrons. The van der Waals surface area contributed by atoms with E-state index in [4.69, 9.17) is 4.98 Å². The van der Waals surface area contributed by atoms with Gasteiger partial charge in [-0.1, -0.05) is 54.9 Å². The summed E-state index contributed by atoms with van der Waals surface area (Å²) in [6.07, 6.45) is 2.29. The second-order valence-electron chi connectivity index (χ2n) is 6.90. The Balaban J connectivity index is 1.47. The SMILES string of the molecule is CCCc1cc(-c2nnc(SCc3csc(-c4ccc(C)cc4)n3)n2CC)cs1. The van der Waals surface area contributed by atoms with Crippen molar-refractivity contribution in [3.8, 4) is 22.0 Å². The number of hydrogen-bond donors (Lipinski definition) is 0. The van der Waals surface area contributed by atoms with E-state index in [1.165, 1.54) is 28.0 Å². The van der Waals surface area contributed by atoms with Gasteiger partial charge in [-0.2, -0.15) is 0 Å². The molecule has 3 heterocycles. The maximum Gasteiger partial charge on any atom is 0.191 e. The highest BCUT2D eigenvalue weighted by atomic mass is 32.2. The molecule has 3 aromatic heterocycles. The normalized spacial score (nSPS) is 11.3. The summed E-state index contributed by atoms with van der Waals surface area (Å²) in [5.74, 6) is 1.76. The quantitative estimate of drug-likeness (QED) is 0.286. The lowest BCUT2D eigenvalue weighted by Crippen LogP contribution is -1.99. The Morgan fingerprint density at radius 2 is 1.83 bits per heavy atom. The topological polar surface area (TPSA) is 43.6 Å². The van der Waals surface area contributed by atoms with Gasteiger partial charge in [0.2, 0.25) is 0 Å². The number of thiophene rings is 1. The van der Waals surface area contributed by atoms with Gasteiger partial charge in [-0.05, 0) is 26.3 Å². The van der Waals surface area contributed by atoms with Crippen molar-refractivity contribution < 1.29 is 0 Å². The van der Waals surface area contributed by atoms with Crippen molar-refractivity contribution in [1.29, 1.82) is 0 Å². The Bertz CT molecular complexity index is 1080. The first-order valence-corrected chi connectivity index (χ1v) is 12.6. The van der Waals surface area contributed by atoms with Crippen molar-refractivity contribution in [2.75, 3.05) is 0 Å². The van der Waals surface area contributed by atoms with E-state index < -0.39 is 0 Å². The molecule has 0 saturated heterocycles. The first kappa shape index (κ1) is 20.3. The molecule has 7 heteroatoms. The van der Waals surface area contributed by atoms with E-state index in [0.29, 0.717) is 0 Å². The van der Waals surface area contributed by atoms with Gasteiger partial charge < -0.3 is 4.57 Å². The molecule has 0 bridgehead atoms. The maximum atomic E-state index is 4.81. The van der Waals surface area contributed by atoms with E-state index in [9.17, 15) is 0 Å². The summed E-state index contributed by atoms with van der Waals surface area (Å²) in [4.78, 5) is 6.22. The summed E-state index contributed by atoms with van der Waals surface area (Å²) in [6, 6.07) is 10.8. The van der Waals surface area contributed by atoms with E-state index >= 15 is 0 Å². The van der Waals surface area contributed by atoms with Gasteiger partial charge >= 0.3 is 0 Å². The fraction of sp³-hybridized carbons (Fsp3) is 0.318. The summed E-state index contributed by atoms with van der Waals surface area (Å²) >= 11 is 5.21. The minimum Gasteiger partial charge on any atom is -0.302 e. The highest BCUT2D eigenvalue weighted by Crippen LogP contribution is 2.31. The van der Waals surface area contributed by atoms with E-state index in [1.807, 2.05) is 11.3 Å². The summed E-state index contributed by atoms with van der Waals surface area (Å²) in [5, 5.41) is 15.3. The zero-order valence-electron chi connectivity index (χ0n) is 16.9. The van der Waals surface area contributed by atoms with Gasteiger partial charge in [0.15, 0.2) is 11.0 Å². The Morgan fingerprint density at radius 1 is 1.00 bits per heavy atom. The van der Waals surface area contributed by atoms with E-state index in [0.717, 1.165) is 40.4 Å². The average molecular weight is 441 g/mol. The zero-order chi connectivity index (χ0) is 20.2. The van der Waals surface area contributed by atoms with Crippen molar-refractivity contribution in [2.45, 2.75) is 51.1 Å². The maximum absolute atomic E-state index is 4.81. The number of rotatable bonds is 8. The second-order valence-corrected chi connectivity index (χ2v) is 9.70. The number of aryl methyl sites for hydroxylation is 2. The number of benzene rings is 1. The molecule has 0 radical (unpaired) electrons. The highest BCUT2D eigenvalue weighted by Gasteiger charge is 2.15. The molecular formula is C22H24N4S3. The lowest BCUT2D eigenvalue weighted by atomic mass is 10.2.